The van der Waals surface area contributed by atoms with Crippen LogP contribution in [-0.2, 0) is 0 Å². The number of aliphatic hydroxyl groups excluding tert-OH is 1. The van der Waals surface area contributed by atoms with Crippen LogP contribution in [0.1, 0.15) is 20.3 Å². The molecule has 0 amide bonds. The first-order valence-corrected chi connectivity index (χ1v) is 9.29. The fraction of sp³-hybridized carbons (Fsp3) is 0.455. The Kier molecular flexibility index (Phi) is 6.11. The van der Waals surface area contributed by atoms with Gasteiger partial charge in [-0.15, -0.1) is 0 Å². The van der Waals surface area contributed by atoms with Crippen molar-refractivity contribution in [3.05, 3.63) is 54.6 Å². The second-order valence-corrected chi connectivity index (χ2v) is 7.49. The van der Waals surface area contributed by atoms with E-state index in [0.29, 0.717) is 25.0 Å². The zero-order valence-corrected chi connectivity index (χ0v) is 15.3. The molecule has 1 aliphatic heterocycles. The van der Waals surface area contributed by atoms with Gasteiger partial charge in [0.2, 0.25) is 0 Å². The molecule has 25 heavy (non-hydrogen) atoms. The van der Waals surface area contributed by atoms with E-state index in [1.54, 1.807) is 0 Å². The highest BCUT2D eigenvalue weighted by atomic mass is 16.5. The first kappa shape index (κ1) is 18.0. The van der Waals surface area contributed by atoms with Gasteiger partial charge in [0.15, 0.2) is 0 Å². The molecule has 1 fully saturated rings. The van der Waals surface area contributed by atoms with Crippen LogP contribution in [0.25, 0.3) is 11.1 Å². The van der Waals surface area contributed by atoms with Crippen molar-refractivity contribution < 1.29 is 9.84 Å². The summed E-state index contributed by atoms with van der Waals surface area (Å²) in [5.41, 5.74) is 2.20. The summed E-state index contributed by atoms with van der Waals surface area (Å²) in [6.45, 7) is 7.73. The summed E-state index contributed by atoms with van der Waals surface area (Å²) < 4.78 is 5.97. The molecule has 1 N–H and O–H groups in total. The summed E-state index contributed by atoms with van der Waals surface area (Å²) in [5.74, 6) is 2.24. The van der Waals surface area contributed by atoms with Crippen LogP contribution in [0.2, 0.25) is 0 Å². The Hall–Kier alpha value is -1.84. The van der Waals surface area contributed by atoms with Gasteiger partial charge in [0, 0.05) is 25.2 Å². The van der Waals surface area contributed by atoms with E-state index in [0.717, 1.165) is 30.0 Å². The SMILES string of the molecule is CC1CC(C)CN(CC(O)COc2ccccc2-c2ccccc2)C1. The molecular weight excluding hydrogens is 310 g/mol. The number of aliphatic hydroxyl groups is 1. The lowest BCUT2D eigenvalue weighted by Gasteiger charge is -2.35. The van der Waals surface area contributed by atoms with Crippen molar-refractivity contribution in [3.8, 4) is 16.9 Å². The highest BCUT2D eigenvalue weighted by Crippen LogP contribution is 2.29. The van der Waals surface area contributed by atoms with Gasteiger partial charge in [-0.25, -0.2) is 0 Å². The molecule has 2 aromatic carbocycles. The zero-order valence-electron chi connectivity index (χ0n) is 15.3. The maximum Gasteiger partial charge on any atom is 0.127 e. The number of hydrogen-bond acceptors (Lipinski definition) is 3. The fourth-order valence-electron chi connectivity index (χ4n) is 3.93. The molecule has 0 spiro atoms. The van der Waals surface area contributed by atoms with Crippen molar-refractivity contribution in [2.45, 2.75) is 26.4 Å². The first-order chi connectivity index (χ1) is 12.1. The molecular formula is C22H29NO2. The maximum absolute atomic E-state index is 10.4. The number of benzene rings is 2. The molecule has 2 aromatic rings. The second-order valence-electron chi connectivity index (χ2n) is 7.49. The van der Waals surface area contributed by atoms with Crippen molar-refractivity contribution in [2.75, 3.05) is 26.2 Å². The minimum Gasteiger partial charge on any atom is -0.490 e. The van der Waals surface area contributed by atoms with E-state index in [9.17, 15) is 5.11 Å². The maximum atomic E-state index is 10.4. The number of para-hydroxylation sites is 1. The van der Waals surface area contributed by atoms with Gasteiger partial charge in [0.05, 0.1) is 0 Å². The van der Waals surface area contributed by atoms with Crippen molar-refractivity contribution in [3.63, 3.8) is 0 Å². The molecule has 3 nitrogen and oxygen atoms in total. The van der Waals surface area contributed by atoms with Crippen molar-refractivity contribution >= 4 is 0 Å². The van der Waals surface area contributed by atoms with Gasteiger partial charge >= 0.3 is 0 Å². The second kappa shape index (κ2) is 8.50. The lowest BCUT2D eigenvalue weighted by molar-refractivity contribution is 0.0430. The number of piperidine rings is 1. The Morgan fingerprint density at radius 3 is 2.36 bits per heavy atom. The summed E-state index contributed by atoms with van der Waals surface area (Å²) in [4.78, 5) is 2.37. The number of β-amino-alcohol motifs (C(OH)–C–C–N with tert-alkyl or cyclic N) is 1. The highest BCUT2D eigenvalue weighted by molar-refractivity contribution is 5.70. The monoisotopic (exact) mass is 339 g/mol. The number of likely N-dealkylation sites (tertiary alicyclic amines) is 1. The van der Waals surface area contributed by atoms with Gasteiger partial charge in [-0.05, 0) is 29.9 Å². The topological polar surface area (TPSA) is 32.7 Å². The van der Waals surface area contributed by atoms with Crippen LogP contribution in [0.5, 0.6) is 5.75 Å². The molecule has 0 bridgehead atoms. The quantitative estimate of drug-likeness (QED) is 0.861. The lowest BCUT2D eigenvalue weighted by atomic mass is 9.92. The van der Waals surface area contributed by atoms with Crippen LogP contribution < -0.4 is 4.74 Å². The van der Waals surface area contributed by atoms with Gasteiger partial charge in [-0.1, -0.05) is 62.4 Å². The normalized spacial score (nSPS) is 22.5. The van der Waals surface area contributed by atoms with Crippen molar-refractivity contribution in [2.24, 2.45) is 11.8 Å². The smallest absolute Gasteiger partial charge is 0.127 e. The van der Waals surface area contributed by atoms with Crippen LogP contribution in [0.4, 0.5) is 0 Å². The van der Waals surface area contributed by atoms with Crippen molar-refractivity contribution in [1.82, 2.24) is 4.90 Å². The standard InChI is InChI=1S/C22H29NO2/c1-17-12-18(2)14-23(13-17)15-20(24)16-25-22-11-7-6-10-21(22)19-8-4-3-5-9-19/h3-11,17-18,20,24H,12-16H2,1-2H3. The Morgan fingerprint density at radius 1 is 1.00 bits per heavy atom. The Labute approximate surface area is 151 Å². The van der Waals surface area contributed by atoms with Crippen LogP contribution >= 0.6 is 0 Å². The van der Waals surface area contributed by atoms with E-state index in [1.807, 2.05) is 36.4 Å². The third-order valence-electron chi connectivity index (χ3n) is 4.82. The molecule has 3 rings (SSSR count). The Morgan fingerprint density at radius 2 is 1.64 bits per heavy atom. The Bertz CT molecular complexity index is 648. The molecule has 3 heteroatoms. The van der Waals surface area contributed by atoms with Crippen LogP contribution in [0.3, 0.4) is 0 Å². The van der Waals surface area contributed by atoms with E-state index in [-0.39, 0.29) is 0 Å². The van der Waals surface area contributed by atoms with E-state index in [1.165, 1.54) is 6.42 Å². The summed E-state index contributed by atoms with van der Waals surface area (Å²) in [7, 11) is 0. The van der Waals surface area contributed by atoms with Crippen LogP contribution in [-0.4, -0.2) is 42.4 Å². The van der Waals surface area contributed by atoms with Gasteiger partial charge < -0.3 is 14.7 Å². The predicted octanol–water partition coefficient (Wildman–Crippen LogP) is 4.07. The minimum absolute atomic E-state index is 0.323. The lowest BCUT2D eigenvalue weighted by Crippen LogP contribution is -2.44. The van der Waals surface area contributed by atoms with E-state index in [2.05, 4.69) is 36.9 Å². The molecule has 134 valence electrons. The number of hydrogen-bond donors (Lipinski definition) is 1. The predicted molar refractivity (Wildman–Crippen MR) is 103 cm³/mol. The van der Waals surface area contributed by atoms with Gasteiger partial charge in [0.1, 0.15) is 18.5 Å². The summed E-state index contributed by atoms with van der Waals surface area (Å²) in [6, 6.07) is 18.2. The molecule has 1 heterocycles. The summed E-state index contributed by atoms with van der Waals surface area (Å²) in [5, 5.41) is 10.4. The highest BCUT2D eigenvalue weighted by Gasteiger charge is 2.23. The largest absolute Gasteiger partial charge is 0.490 e. The summed E-state index contributed by atoms with van der Waals surface area (Å²) >= 11 is 0. The van der Waals surface area contributed by atoms with Gasteiger partial charge in [-0.3, -0.25) is 0 Å². The summed E-state index contributed by atoms with van der Waals surface area (Å²) in [6.07, 6.45) is 0.814. The van der Waals surface area contributed by atoms with E-state index in [4.69, 9.17) is 4.74 Å². The minimum atomic E-state index is -0.471. The fourth-order valence-corrected chi connectivity index (χ4v) is 3.93. The average molecular weight is 339 g/mol. The number of nitrogens with zero attached hydrogens (tertiary/aromatic N) is 1. The molecule has 3 atom stereocenters. The Balaban J connectivity index is 1.58. The first-order valence-electron chi connectivity index (χ1n) is 9.29. The van der Waals surface area contributed by atoms with Crippen LogP contribution in [0.15, 0.2) is 54.6 Å². The van der Waals surface area contributed by atoms with Crippen molar-refractivity contribution in [1.29, 1.82) is 0 Å². The molecule has 0 radical (unpaired) electrons. The molecule has 0 saturated carbocycles. The molecule has 3 unspecified atom stereocenters. The van der Waals surface area contributed by atoms with Crippen LogP contribution in [0, 0.1) is 11.8 Å². The van der Waals surface area contributed by atoms with Gasteiger partial charge in [0.25, 0.3) is 0 Å². The van der Waals surface area contributed by atoms with E-state index >= 15 is 0 Å². The molecule has 1 aliphatic rings. The third-order valence-corrected chi connectivity index (χ3v) is 4.82. The third kappa shape index (κ3) is 5.07. The average Bonchev–Trinajstić information content (AvgIpc) is 2.60. The molecule has 0 aromatic heterocycles. The molecule has 1 saturated heterocycles. The molecule has 0 aliphatic carbocycles. The van der Waals surface area contributed by atoms with Gasteiger partial charge in [-0.2, -0.15) is 0 Å². The number of ether oxygens (including phenoxy) is 1. The number of rotatable bonds is 6. The van der Waals surface area contributed by atoms with E-state index < -0.39 is 6.10 Å². The zero-order chi connectivity index (χ0) is 17.6.